The zero-order chi connectivity index (χ0) is 22.8. The number of halogens is 2. The van der Waals surface area contributed by atoms with Crippen LogP contribution >= 0.6 is 15.9 Å². The van der Waals surface area contributed by atoms with E-state index in [9.17, 15) is 9.18 Å². The molecule has 1 N–H and O–H groups in total. The van der Waals surface area contributed by atoms with E-state index in [1.54, 1.807) is 23.0 Å². The first kappa shape index (κ1) is 22.1. The average molecular weight is 499 g/mol. The van der Waals surface area contributed by atoms with Crippen molar-refractivity contribution in [3.63, 3.8) is 0 Å². The van der Waals surface area contributed by atoms with E-state index in [2.05, 4.69) is 36.4 Å². The third kappa shape index (κ3) is 4.43. The predicted molar refractivity (Wildman–Crippen MR) is 125 cm³/mol. The molecule has 4 aromatic rings. The second kappa shape index (κ2) is 9.20. The van der Waals surface area contributed by atoms with Crippen molar-refractivity contribution >= 4 is 32.9 Å². The minimum Gasteiger partial charge on any atom is -0.354 e. The molecular formula is C23H24BrFN6O. The molecule has 32 heavy (non-hydrogen) atoms. The van der Waals surface area contributed by atoms with Gasteiger partial charge in [-0.2, -0.15) is 10.2 Å². The van der Waals surface area contributed by atoms with Crippen LogP contribution in [0, 0.1) is 26.6 Å². The van der Waals surface area contributed by atoms with Gasteiger partial charge in [0.25, 0.3) is 0 Å². The molecule has 1 amide bonds. The zero-order valence-corrected chi connectivity index (χ0v) is 19.8. The van der Waals surface area contributed by atoms with Crippen molar-refractivity contribution in [1.29, 1.82) is 0 Å². The van der Waals surface area contributed by atoms with Gasteiger partial charge in [-0.25, -0.2) is 14.1 Å². The second-order valence-electron chi connectivity index (χ2n) is 7.72. The Morgan fingerprint density at radius 1 is 1.06 bits per heavy atom. The number of benzene rings is 1. The van der Waals surface area contributed by atoms with Crippen molar-refractivity contribution in [1.82, 2.24) is 29.9 Å². The van der Waals surface area contributed by atoms with Crippen molar-refractivity contribution in [2.45, 2.75) is 40.3 Å². The van der Waals surface area contributed by atoms with Crippen LogP contribution in [0.5, 0.6) is 0 Å². The minimum absolute atomic E-state index is 0.0790. The predicted octanol–water partition coefficient (Wildman–Crippen LogP) is 4.33. The quantitative estimate of drug-likeness (QED) is 0.384. The van der Waals surface area contributed by atoms with Gasteiger partial charge in [-0.3, -0.25) is 9.48 Å². The fraction of sp³-hybridized carbons (Fsp3) is 0.304. The highest BCUT2D eigenvalue weighted by molar-refractivity contribution is 9.10. The summed E-state index contributed by atoms with van der Waals surface area (Å²) in [4.78, 5) is 17.0. The number of aromatic nitrogens is 5. The molecule has 0 spiro atoms. The molecule has 9 heteroatoms. The number of carbonyl (C=O) groups is 1. The second-order valence-corrected chi connectivity index (χ2v) is 8.51. The highest BCUT2D eigenvalue weighted by Crippen LogP contribution is 2.29. The molecule has 0 aliphatic heterocycles. The first-order valence-corrected chi connectivity index (χ1v) is 11.2. The molecule has 3 heterocycles. The summed E-state index contributed by atoms with van der Waals surface area (Å²) in [5, 5.41) is 12.8. The van der Waals surface area contributed by atoms with Crippen molar-refractivity contribution in [3.05, 3.63) is 63.9 Å². The average Bonchev–Trinajstić information content (AvgIpc) is 3.22. The molecule has 0 aliphatic rings. The van der Waals surface area contributed by atoms with Gasteiger partial charge < -0.3 is 5.32 Å². The third-order valence-corrected chi connectivity index (χ3v) is 6.57. The Kier molecular flexibility index (Phi) is 6.36. The molecule has 0 aliphatic carbocycles. The van der Waals surface area contributed by atoms with Crippen LogP contribution in [-0.4, -0.2) is 37.0 Å². The largest absolute Gasteiger partial charge is 0.354 e. The molecule has 4 rings (SSSR count). The number of fused-ring (bicyclic) bond motifs is 1. The third-order valence-electron chi connectivity index (χ3n) is 5.42. The van der Waals surface area contributed by atoms with Crippen LogP contribution in [0.25, 0.3) is 22.2 Å². The lowest BCUT2D eigenvalue weighted by Crippen LogP contribution is -2.29. The maximum Gasteiger partial charge on any atom is 0.241 e. The molecule has 0 saturated heterocycles. The molecule has 0 fully saturated rings. The van der Waals surface area contributed by atoms with Gasteiger partial charge in [0.2, 0.25) is 5.91 Å². The number of hydrogen-bond donors (Lipinski definition) is 1. The van der Waals surface area contributed by atoms with Gasteiger partial charge in [0.1, 0.15) is 12.4 Å². The van der Waals surface area contributed by atoms with Gasteiger partial charge in [-0.05, 0) is 72.4 Å². The Morgan fingerprint density at radius 2 is 1.78 bits per heavy atom. The Labute approximate surface area is 193 Å². The number of pyridine rings is 1. The number of rotatable bonds is 7. The first-order valence-electron chi connectivity index (χ1n) is 10.4. The zero-order valence-electron chi connectivity index (χ0n) is 18.2. The monoisotopic (exact) mass is 498 g/mol. The highest BCUT2D eigenvalue weighted by Gasteiger charge is 2.16. The first-order chi connectivity index (χ1) is 15.3. The van der Waals surface area contributed by atoms with Crippen LogP contribution < -0.4 is 5.32 Å². The van der Waals surface area contributed by atoms with E-state index in [4.69, 9.17) is 0 Å². The Hall–Kier alpha value is -3.07. The van der Waals surface area contributed by atoms with Gasteiger partial charge >= 0.3 is 0 Å². The normalized spacial score (nSPS) is 11.3. The molecule has 166 valence electrons. The van der Waals surface area contributed by atoms with E-state index >= 15 is 0 Å². The number of hydrogen-bond acceptors (Lipinski definition) is 4. The van der Waals surface area contributed by atoms with E-state index < -0.39 is 0 Å². The molecule has 3 aromatic heterocycles. The van der Waals surface area contributed by atoms with Gasteiger partial charge in [-0.15, -0.1) is 0 Å². The van der Waals surface area contributed by atoms with Gasteiger partial charge in [0.15, 0.2) is 5.65 Å². The molecule has 1 aromatic carbocycles. The number of nitrogens with one attached hydrogen (secondary N) is 1. The Bertz CT molecular complexity index is 1280. The van der Waals surface area contributed by atoms with Crippen LogP contribution in [-0.2, 0) is 17.9 Å². The summed E-state index contributed by atoms with van der Waals surface area (Å²) in [5.41, 5.74) is 5.23. The fourth-order valence-electron chi connectivity index (χ4n) is 3.80. The molecule has 0 bridgehead atoms. The lowest BCUT2D eigenvalue weighted by molar-refractivity contribution is -0.121. The molecule has 7 nitrogen and oxygen atoms in total. The minimum atomic E-state index is -0.284. The summed E-state index contributed by atoms with van der Waals surface area (Å²) in [7, 11) is 0. The Morgan fingerprint density at radius 3 is 2.47 bits per heavy atom. The van der Waals surface area contributed by atoms with E-state index in [1.165, 1.54) is 12.1 Å². The molecule has 0 radical (unpaired) electrons. The van der Waals surface area contributed by atoms with Crippen LogP contribution in [0.4, 0.5) is 4.39 Å². The van der Waals surface area contributed by atoms with Gasteiger partial charge in [0, 0.05) is 30.4 Å². The maximum atomic E-state index is 13.3. The van der Waals surface area contributed by atoms with E-state index in [-0.39, 0.29) is 18.3 Å². The highest BCUT2D eigenvalue weighted by atomic mass is 79.9. The number of nitrogens with zero attached hydrogens (tertiary/aromatic N) is 5. The fourth-order valence-corrected chi connectivity index (χ4v) is 4.09. The summed E-state index contributed by atoms with van der Waals surface area (Å²) in [6.07, 6.45) is 2.45. The molecular weight excluding hydrogens is 475 g/mol. The molecule has 0 atom stereocenters. The maximum absolute atomic E-state index is 13.3. The molecule has 0 unspecified atom stereocenters. The summed E-state index contributed by atoms with van der Waals surface area (Å²) in [6, 6.07) is 8.20. The Balaban J connectivity index is 1.43. The summed E-state index contributed by atoms with van der Waals surface area (Å²) in [5.74, 6) is -0.411. The summed E-state index contributed by atoms with van der Waals surface area (Å²) in [6.45, 7) is 7.21. The van der Waals surface area contributed by atoms with Crippen molar-refractivity contribution < 1.29 is 9.18 Å². The standard InChI is InChI=1S/C23H24BrFN6O/c1-14-21-19(17-5-7-18(25)8-6-17)9-11-27-23(21)31(28-14)13-20(32)26-10-4-12-30-16(3)22(24)15(2)29-30/h5-9,11H,4,10,12-13H2,1-3H3,(H,26,32). The van der Waals surface area contributed by atoms with Gasteiger partial charge in [-0.1, -0.05) is 12.1 Å². The van der Waals surface area contributed by atoms with Crippen molar-refractivity contribution in [2.24, 2.45) is 0 Å². The van der Waals surface area contributed by atoms with Crippen LogP contribution in [0.1, 0.15) is 23.5 Å². The summed E-state index contributed by atoms with van der Waals surface area (Å²) < 4.78 is 17.9. The van der Waals surface area contributed by atoms with Crippen LogP contribution in [0.3, 0.4) is 0 Å². The molecule has 0 saturated carbocycles. The van der Waals surface area contributed by atoms with Crippen LogP contribution in [0.2, 0.25) is 0 Å². The van der Waals surface area contributed by atoms with E-state index in [0.29, 0.717) is 12.2 Å². The van der Waals surface area contributed by atoms with E-state index in [0.717, 1.165) is 51.0 Å². The smallest absolute Gasteiger partial charge is 0.241 e. The lowest BCUT2D eigenvalue weighted by Gasteiger charge is -2.08. The van der Waals surface area contributed by atoms with Crippen molar-refractivity contribution in [3.8, 4) is 11.1 Å². The van der Waals surface area contributed by atoms with Crippen molar-refractivity contribution in [2.75, 3.05) is 6.54 Å². The summed E-state index contributed by atoms with van der Waals surface area (Å²) >= 11 is 3.53. The van der Waals surface area contributed by atoms with Crippen LogP contribution in [0.15, 0.2) is 41.0 Å². The van der Waals surface area contributed by atoms with E-state index in [1.807, 2.05) is 31.5 Å². The number of aryl methyl sites for hydroxylation is 3. The van der Waals surface area contributed by atoms with Gasteiger partial charge in [0.05, 0.1) is 15.9 Å². The number of carbonyl (C=O) groups excluding carboxylic acids is 1. The number of amides is 1. The topological polar surface area (TPSA) is 77.6 Å². The SMILES string of the molecule is Cc1nn(CCCNC(=O)Cn2nc(C)c3c(-c4ccc(F)cc4)ccnc32)c(C)c1Br. The lowest BCUT2D eigenvalue weighted by atomic mass is 10.0.